The van der Waals surface area contributed by atoms with E-state index in [1.165, 1.54) is 0 Å². The molecule has 0 aliphatic rings. The van der Waals surface area contributed by atoms with E-state index >= 15 is 0 Å². The lowest BCUT2D eigenvalue weighted by molar-refractivity contribution is 0.0936. The van der Waals surface area contributed by atoms with Crippen molar-refractivity contribution in [3.05, 3.63) is 71.3 Å². The van der Waals surface area contributed by atoms with Crippen LogP contribution >= 0.6 is 0 Å². The lowest BCUT2D eigenvalue weighted by Gasteiger charge is -2.19. The van der Waals surface area contributed by atoms with Gasteiger partial charge in [0.2, 0.25) is 0 Å². The maximum atomic E-state index is 12.6. The Kier molecular flexibility index (Phi) is 4.74. The number of nitrogens with zero attached hydrogens (tertiary/aromatic N) is 3. The van der Waals surface area contributed by atoms with Crippen LogP contribution in [0.5, 0.6) is 0 Å². The molecule has 0 fully saturated rings. The van der Waals surface area contributed by atoms with Crippen LogP contribution in [0.2, 0.25) is 0 Å². The molecule has 0 spiro atoms. The van der Waals surface area contributed by atoms with Gasteiger partial charge in [0.05, 0.1) is 11.7 Å². The minimum atomic E-state index is -0.280. The molecule has 0 aliphatic carbocycles. The van der Waals surface area contributed by atoms with E-state index in [2.05, 4.69) is 27.5 Å². The van der Waals surface area contributed by atoms with E-state index in [0.29, 0.717) is 5.69 Å². The number of H-pyrrole nitrogens is 1. The van der Waals surface area contributed by atoms with E-state index in [9.17, 15) is 4.79 Å². The van der Waals surface area contributed by atoms with Crippen LogP contribution in [0.1, 0.15) is 46.8 Å². The largest absolute Gasteiger partial charge is 0.338 e. The fraction of sp³-hybridized carbons (Fsp3) is 0.278. The average molecular weight is 323 g/mol. The average Bonchev–Trinajstić information content (AvgIpc) is 3.23. The van der Waals surface area contributed by atoms with Gasteiger partial charge in [-0.25, -0.2) is 0 Å². The molecular formula is C18H21N5O. The van der Waals surface area contributed by atoms with E-state index in [-0.39, 0.29) is 11.9 Å². The number of rotatable bonds is 6. The summed E-state index contributed by atoms with van der Waals surface area (Å²) in [7, 11) is 1.87. The molecule has 3 rings (SSSR count). The molecule has 124 valence electrons. The molecule has 0 aliphatic heterocycles. The highest BCUT2D eigenvalue weighted by Crippen LogP contribution is 2.21. The van der Waals surface area contributed by atoms with Gasteiger partial charge in [0, 0.05) is 18.9 Å². The molecule has 3 aromatic rings. The second-order valence-electron chi connectivity index (χ2n) is 5.73. The fourth-order valence-electron chi connectivity index (χ4n) is 2.72. The molecule has 0 radical (unpaired) electrons. The Hall–Kier alpha value is -2.89. The first-order chi connectivity index (χ1) is 11.7. The van der Waals surface area contributed by atoms with Gasteiger partial charge in [-0.2, -0.15) is 10.2 Å². The summed E-state index contributed by atoms with van der Waals surface area (Å²) in [5, 5.41) is 14.3. The molecule has 0 saturated heterocycles. The molecule has 6 nitrogen and oxygen atoms in total. The van der Waals surface area contributed by atoms with Gasteiger partial charge >= 0.3 is 0 Å². The van der Waals surface area contributed by atoms with Crippen molar-refractivity contribution in [1.82, 2.24) is 25.3 Å². The number of hydrogen-bond donors (Lipinski definition) is 2. The zero-order chi connectivity index (χ0) is 16.9. The highest BCUT2D eigenvalue weighted by Gasteiger charge is 2.21. The monoisotopic (exact) mass is 323 g/mol. The second-order valence-corrected chi connectivity index (χ2v) is 5.73. The third-order valence-electron chi connectivity index (χ3n) is 3.95. The molecule has 1 atom stereocenters. The lowest BCUT2D eigenvalue weighted by atomic mass is 10.0. The molecule has 2 heterocycles. The van der Waals surface area contributed by atoms with Crippen LogP contribution in [0.4, 0.5) is 0 Å². The van der Waals surface area contributed by atoms with Crippen molar-refractivity contribution in [3.63, 3.8) is 0 Å². The quantitative estimate of drug-likeness (QED) is 0.732. The van der Waals surface area contributed by atoms with Gasteiger partial charge in [0.25, 0.3) is 5.91 Å². The highest BCUT2D eigenvalue weighted by atomic mass is 16.2. The summed E-state index contributed by atoms with van der Waals surface area (Å²) in [5.41, 5.74) is 3.29. The first kappa shape index (κ1) is 16.0. The molecule has 1 amide bonds. The van der Waals surface area contributed by atoms with Crippen molar-refractivity contribution in [3.8, 4) is 0 Å². The molecule has 24 heavy (non-hydrogen) atoms. The van der Waals surface area contributed by atoms with E-state index in [1.807, 2.05) is 49.5 Å². The van der Waals surface area contributed by atoms with Crippen molar-refractivity contribution in [2.75, 3.05) is 0 Å². The van der Waals surface area contributed by atoms with E-state index in [0.717, 1.165) is 29.8 Å². The van der Waals surface area contributed by atoms with E-state index in [1.54, 1.807) is 10.9 Å². The summed E-state index contributed by atoms with van der Waals surface area (Å²) in [6.07, 6.45) is 3.61. The van der Waals surface area contributed by atoms with Crippen LogP contribution in [-0.2, 0) is 13.5 Å². The third kappa shape index (κ3) is 3.37. The minimum Gasteiger partial charge on any atom is -0.338 e. The van der Waals surface area contributed by atoms with Crippen molar-refractivity contribution in [2.45, 2.75) is 25.8 Å². The Morgan fingerprint density at radius 1 is 1.29 bits per heavy atom. The molecule has 0 saturated carbocycles. The Balaban J connectivity index is 1.86. The zero-order valence-electron chi connectivity index (χ0n) is 13.9. The van der Waals surface area contributed by atoms with Crippen molar-refractivity contribution < 1.29 is 4.79 Å². The van der Waals surface area contributed by atoms with Crippen LogP contribution in [0.3, 0.4) is 0 Å². The molecule has 2 N–H and O–H groups in total. The Bertz CT molecular complexity index is 806. The van der Waals surface area contributed by atoms with Gasteiger partial charge in [-0.15, -0.1) is 0 Å². The smallest absolute Gasteiger partial charge is 0.272 e. The summed E-state index contributed by atoms with van der Waals surface area (Å²) in [6, 6.07) is 13.3. The normalized spacial score (nSPS) is 12.1. The van der Waals surface area contributed by atoms with Crippen LogP contribution < -0.4 is 5.32 Å². The Morgan fingerprint density at radius 2 is 2.08 bits per heavy atom. The summed E-state index contributed by atoms with van der Waals surface area (Å²) >= 11 is 0. The Labute approximate surface area is 140 Å². The van der Waals surface area contributed by atoms with Crippen LogP contribution in [0.25, 0.3) is 0 Å². The number of hydrogen-bond acceptors (Lipinski definition) is 3. The van der Waals surface area contributed by atoms with Crippen molar-refractivity contribution >= 4 is 5.91 Å². The molecule has 6 heteroatoms. The number of carbonyl (C=O) groups is 1. The maximum absolute atomic E-state index is 12.6. The van der Waals surface area contributed by atoms with Gasteiger partial charge < -0.3 is 5.32 Å². The maximum Gasteiger partial charge on any atom is 0.272 e. The molecule has 2 aromatic heterocycles. The number of aromatic nitrogens is 4. The minimum absolute atomic E-state index is 0.205. The summed E-state index contributed by atoms with van der Waals surface area (Å²) in [4.78, 5) is 12.6. The lowest BCUT2D eigenvalue weighted by Crippen LogP contribution is -2.31. The predicted molar refractivity (Wildman–Crippen MR) is 91.5 cm³/mol. The summed E-state index contributed by atoms with van der Waals surface area (Å²) in [5.74, 6) is -0.205. The standard InChI is InChI=1S/C18H21N5O/c1-3-7-14-12-15(22-21-14)18(24)20-17(13-8-5-4-6-9-13)16-10-11-19-23(16)2/h4-6,8-12,17H,3,7H2,1-2H3,(H,20,24)(H,21,22)/t17-/m0/s1. The molecular weight excluding hydrogens is 302 g/mol. The first-order valence-corrected chi connectivity index (χ1v) is 8.07. The molecule has 1 aromatic carbocycles. The van der Waals surface area contributed by atoms with Gasteiger partial charge in [0.15, 0.2) is 0 Å². The number of aryl methyl sites for hydroxylation is 2. The van der Waals surface area contributed by atoms with E-state index in [4.69, 9.17) is 0 Å². The van der Waals surface area contributed by atoms with E-state index < -0.39 is 0 Å². The number of carbonyl (C=O) groups excluding carboxylic acids is 1. The summed E-state index contributed by atoms with van der Waals surface area (Å²) < 4.78 is 1.77. The first-order valence-electron chi connectivity index (χ1n) is 8.07. The van der Waals surface area contributed by atoms with Crippen molar-refractivity contribution in [1.29, 1.82) is 0 Å². The second kappa shape index (κ2) is 7.12. The van der Waals surface area contributed by atoms with Gasteiger partial charge in [0.1, 0.15) is 5.69 Å². The zero-order valence-corrected chi connectivity index (χ0v) is 13.9. The molecule has 0 bridgehead atoms. The van der Waals surface area contributed by atoms with Crippen LogP contribution in [0, 0.1) is 0 Å². The van der Waals surface area contributed by atoms with Crippen LogP contribution in [0.15, 0.2) is 48.7 Å². The number of amides is 1. The topological polar surface area (TPSA) is 75.6 Å². The van der Waals surface area contributed by atoms with Gasteiger partial charge in [-0.3, -0.25) is 14.6 Å². The predicted octanol–water partition coefficient (Wildman–Crippen LogP) is 2.62. The molecule has 0 unspecified atom stereocenters. The number of aromatic amines is 1. The van der Waals surface area contributed by atoms with Crippen molar-refractivity contribution in [2.24, 2.45) is 7.05 Å². The number of nitrogens with one attached hydrogen (secondary N) is 2. The van der Waals surface area contributed by atoms with Gasteiger partial charge in [-0.05, 0) is 24.1 Å². The van der Waals surface area contributed by atoms with Gasteiger partial charge in [-0.1, -0.05) is 43.7 Å². The highest BCUT2D eigenvalue weighted by molar-refractivity contribution is 5.92. The Morgan fingerprint density at radius 3 is 2.75 bits per heavy atom. The van der Waals surface area contributed by atoms with Crippen LogP contribution in [-0.4, -0.2) is 25.9 Å². The fourth-order valence-corrected chi connectivity index (χ4v) is 2.72. The SMILES string of the molecule is CCCc1cc(C(=O)N[C@@H](c2ccccc2)c2ccnn2C)n[nH]1. The number of benzene rings is 1. The summed E-state index contributed by atoms with van der Waals surface area (Å²) in [6.45, 7) is 2.09. The third-order valence-corrected chi connectivity index (χ3v) is 3.95.